The highest BCUT2D eigenvalue weighted by atomic mass is 35.5. The Kier molecular flexibility index (Phi) is 4.49. The summed E-state index contributed by atoms with van der Waals surface area (Å²) in [5.74, 6) is 0.130. The van der Waals surface area contributed by atoms with Crippen LogP contribution in [-0.4, -0.2) is 11.7 Å². The minimum Gasteiger partial charge on any atom is -0.298 e. The number of hydrogen-bond donors (Lipinski definition) is 1. The summed E-state index contributed by atoms with van der Waals surface area (Å²) < 4.78 is 0. The van der Waals surface area contributed by atoms with Gasteiger partial charge in [-0.25, -0.2) is 0 Å². The number of hydrogen-bond acceptors (Lipinski definition) is 2. The van der Waals surface area contributed by atoms with E-state index in [1.807, 2.05) is 18.2 Å². The van der Waals surface area contributed by atoms with Gasteiger partial charge in [-0.15, -0.1) is 24.2 Å². The smallest absolute Gasteiger partial charge is 0.151 e. The van der Waals surface area contributed by atoms with Crippen LogP contribution < -0.4 is 0 Å². The molecule has 0 radical (unpaired) electrons. The molecule has 1 nitrogen and oxygen atoms in total. The van der Waals surface area contributed by atoms with E-state index in [4.69, 9.17) is 11.6 Å². The third-order valence-corrected chi connectivity index (χ3v) is 2.55. The predicted octanol–water partition coefficient (Wildman–Crippen LogP) is 2.89. The van der Waals surface area contributed by atoms with Crippen molar-refractivity contribution >= 4 is 30.0 Å². The maximum absolute atomic E-state index is 11.1. The summed E-state index contributed by atoms with van der Waals surface area (Å²) in [6.07, 6.45) is 1.36. The topological polar surface area (TPSA) is 17.1 Å². The summed E-state index contributed by atoms with van der Waals surface area (Å²) in [6, 6.07) is 5.95. The number of Topliss-reactive ketones (excluding diaryl/α,β-unsaturated/α-hetero) is 1. The van der Waals surface area contributed by atoms with Gasteiger partial charge in [0, 0.05) is 11.3 Å². The van der Waals surface area contributed by atoms with Gasteiger partial charge in [-0.05, 0) is 29.7 Å². The number of aryl methyl sites for hydroxylation is 1. The Morgan fingerprint density at radius 3 is 2.57 bits per heavy atom. The average Bonchev–Trinajstić information content (AvgIpc) is 2.16. The molecule has 0 atom stereocenters. The molecule has 0 aliphatic rings. The van der Waals surface area contributed by atoms with Crippen LogP contribution in [0.1, 0.15) is 18.1 Å². The molecule has 0 saturated heterocycles. The second-order valence-electron chi connectivity index (χ2n) is 3.21. The van der Waals surface area contributed by atoms with Crippen molar-refractivity contribution in [3.63, 3.8) is 0 Å². The highest BCUT2D eigenvalue weighted by Gasteiger charge is 2.03. The zero-order valence-electron chi connectivity index (χ0n) is 8.09. The van der Waals surface area contributed by atoms with Crippen molar-refractivity contribution in [2.75, 3.05) is 5.88 Å². The molecular weight excluding hydrogens is 216 g/mol. The van der Waals surface area contributed by atoms with Crippen molar-refractivity contribution in [3.8, 4) is 0 Å². The number of alkyl halides is 1. The lowest BCUT2D eigenvalue weighted by molar-refractivity contribution is -0.116. The minimum atomic E-state index is 0.0488. The Hall–Kier alpha value is -0.470. The zero-order chi connectivity index (χ0) is 10.6. The lowest BCUT2D eigenvalue weighted by Gasteiger charge is -2.04. The zero-order valence-corrected chi connectivity index (χ0v) is 9.74. The molecule has 1 aromatic rings. The Morgan fingerprint density at radius 2 is 2.00 bits per heavy atom. The molecule has 1 aromatic carbocycles. The molecule has 0 fully saturated rings. The van der Waals surface area contributed by atoms with Gasteiger partial charge < -0.3 is 0 Å². The van der Waals surface area contributed by atoms with Crippen LogP contribution in [0.2, 0.25) is 0 Å². The molecular formula is C11H13ClOS. The van der Waals surface area contributed by atoms with Crippen LogP contribution >= 0.6 is 24.2 Å². The number of halogens is 1. The maximum atomic E-state index is 11.1. The quantitative estimate of drug-likeness (QED) is 0.620. The number of benzene rings is 1. The Labute approximate surface area is 94.9 Å². The first-order chi connectivity index (χ1) is 6.65. The third-order valence-electron chi connectivity index (χ3n) is 2.00. The van der Waals surface area contributed by atoms with Crippen molar-refractivity contribution < 1.29 is 4.79 Å². The van der Waals surface area contributed by atoms with Crippen molar-refractivity contribution in [3.05, 3.63) is 29.3 Å². The fraction of sp³-hybridized carbons (Fsp3) is 0.364. The minimum absolute atomic E-state index is 0.0488. The van der Waals surface area contributed by atoms with Crippen LogP contribution in [0.25, 0.3) is 0 Å². The number of rotatable bonds is 4. The van der Waals surface area contributed by atoms with E-state index >= 15 is 0 Å². The molecule has 14 heavy (non-hydrogen) atoms. The molecule has 3 heteroatoms. The monoisotopic (exact) mass is 228 g/mol. The summed E-state index contributed by atoms with van der Waals surface area (Å²) in [6.45, 7) is 2.08. The highest BCUT2D eigenvalue weighted by Crippen LogP contribution is 2.15. The molecule has 0 unspecified atom stereocenters. The summed E-state index contributed by atoms with van der Waals surface area (Å²) in [5, 5.41) is 0. The number of thiol groups is 1. The van der Waals surface area contributed by atoms with Gasteiger partial charge in [0.25, 0.3) is 0 Å². The van der Waals surface area contributed by atoms with Crippen molar-refractivity contribution in [1.29, 1.82) is 0 Å². The van der Waals surface area contributed by atoms with Crippen molar-refractivity contribution in [1.82, 2.24) is 0 Å². The SMILES string of the molecule is CCc1cc(S)cc(CC(=O)CCl)c1. The molecule has 0 bridgehead atoms. The van der Waals surface area contributed by atoms with E-state index in [1.54, 1.807) is 0 Å². The predicted molar refractivity (Wildman–Crippen MR) is 62.5 cm³/mol. The van der Waals surface area contributed by atoms with E-state index in [-0.39, 0.29) is 11.7 Å². The molecule has 1 rings (SSSR count). The summed E-state index contributed by atoms with van der Waals surface area (Å²) >= 11 is 9.73. The first-order valence-corrected chi connectivity index (χ1v) is 5.53. The van der Waals surface area contributed by atoms with Crippen LogP contribution in [0.3, 0.4) is 0 Å². The molecule has 0 aliphatic carbocycles. The molecule has 0 N–H and O–H groups in total. The summed E-state index contributed by atoms with van der Waals surface area (Å²) in [4.78, 5) is 12.0. The molecule has 0 spiro atoms. The van der Waals surface area contributed by atoms with E-state index in [0.29, 0.717) is 6.42 Å². The van der Waals surface area contributed by atoms with E-state index in [2.05, 4.69) is 19.6 Å². The van der Waals surface area contributed by atoms with Crippen LogP contribution in [0, 0.1) is 0 Å². The van der Waals surface area contributed by atoms with Crippen LogP contribution in [0.5, 0.6) is 0 Å². The largest absolute Gasteiger partial charge is 0.298 e. The van der Waals surface area contributed by atoms with Gasteiger partial charge in [0.1, 0.15) is 0 Å². The number of carbonyl (C=O) groups is 1. The van der Waals surface area contributed by atoms with Crippen LogP contribution in [-0.2, 0) is 17.6 Å². The molecule has 76 valence electrons. The standard InChI is InChI=1S/C11H13ClOS/c1-2-8-3-9(4-10(13)7-12)6-11(14)5-8/h3,5-6,14H,2,4,7H2,1H3. The highest BCUT2D eigenvalue weighted by molar-refractivity contribution is 7.80. The second kappa shape index (κ2) is 5.42. The van der Waals surface area contributed by atoms with Gasteiger partial charge in [-0.2, -0.15) is 0 Å². The van der Waals surface area contributed by atoms with Crippen LogP contribution in [0.15, 0.2) is 23.1 Å². The normalized spacial score (nSPS) is 10.2. The Bertz CT molecular complexity index is 336. The van der Waals surface area contributed by atoms with E-state index in [1.165, 1.54) is 5.56 Å². The number of ketones is 1. The Balaban J connectivity index is 2.86. The fourth-order valence-corrected chi connectivity index (χ4v) is 1.75. The maximum Gasteiger partial charge on any atom is 0.151 e. The first kappa shape index (κ1) is 11.6. The van der Waals surface area contributed by atoms with Gasteiger partial charge in [-0.3, -0.25) is 4.79 Å². The fourth-order valence-electron chi connectivity index (χ4n) is 1.32. The van der Waals surface area contributed by atoms with Gasteiger partial charge in [0.15, 0.2) is 5.78 Å². The average molecular weight is 229 g/mol. The summed E-state index contributed by atoms with van der Waals surface area (Å²) in [7, 11) is 0. The van der Waals surface area contributed by atoms with Crippen molar-refractivity contribution in [2.45, 2.75) is 24.7 Å². The lowest BCUT2D eigenvalue weighted by atomic mass is 10.0. The molecule has 0 saturated carbocycles. The Morgan fingerprint density at radius 1 is 1.36 bits per heavy atom. The summed E-state index contributed by atoms with van der Waals surface area (Å²) in [5.41, 5.74) is 2.20. The van der Waals surface area contributed by atoms with Gasteiger partial charge in [0.2, 0.25) is 0 Å². The third kappa shape index (κ3) is 3.35. The van der Waals surface area contributed by atoms with E-state index in [0.717, 1.165) is 16.9 Å². The van der Waals surface area contributed by atoms with Gasteiger partial charge in [0.05, 0.1) is 5.88 Å². The molecule has 0 amide bonds. The number of carbonyl (C=O) groups excluding carboxylic acids is 1. The van der Waals surface area contributed by atoms with Gasteiger partial charge >= 0.3 is 0 Å². The van der Waals surface area contributed by atoms with Gasteiger partial charge in [-0.1, -0.05) is 13.0 Å². The van der Waals surface area contributed by atoms with Crippen molar-refractivity contribution in [2.24, 2.45) is 0 Å². The first-order valence-electron chi connectivity index (χ1n) is 4.55. The molecule has 0 heterocycles. The van der Waals surface area contributed by atoms with E-state index < -0.39 is 0 Å². The van der Waals surface area contributed by atoms with Crippen LogP contribution in [0.4, 0.5) is 0 Å². The lowest BCUT2D eigenvalue weighted by Crippen LogP contribution is -2.04. The molecule has 0 aliphatic heterocycles. The van der Waals surface area contributed by atoms with E-state index in [9.17, 15) is 4.79 Å². The molecule has 0 aromatic heterocycles. The second-order valence-corrected chi connectivity index (χ2v) is 3.99.